The molecule has 0 amide bonds. The second kappa shape index (κ2) is 9.28. The average Bonchev–Trinajstić information content (AvgIpc) is 3.02. The van der Waals surface area contributed by atoms with Crippen LogP contribution in [0, 0.1) is 3.82 Å². The van der Waals surface area contributed by atoms with Crippen molar-refractivity contribution in [2.75, 3.05) is 7.11 Å². The van der Waals surface area contributed by atoms with E-state index in [4.69, 9.17) is 17.0 Å². The van der Waals surface area contributed by atoms with Gasteiger partial charge in [0, 0.05) is 35.1 Å². The Labute approximate surface area is 193 Å². The number of rotatable bonds is 5. The van der Waals surface area contributed by atoms with E-state index in [1.807, 2.05) is 12.1 Å². The van der Waals surface area contributed by atoms with Crippen LogP contribution in [0.15, 0.2) is 47.4 Å². The first-order valence-electron chi connectivity index (χ1n) is 7.73. The molecular formula is C18H16NaO4S4. The van der Waals surface area contributed by atoms with Crippen LogP contribution in [0.5, 0.6) is 5.75 Å². The van der Waals surface area contributed by atoms with E-state index >= 15 is 0 Å². The van der Waals surface area contributed by atoms with Crippen LogP contribution in [-0.2, 0) is 16.5 Å². The van der Waals surface area contributed by atoms with Crippen LogP contribution in [0.25, 0.3) is 21.6 Å². The SMILES string of the molecule is CCc1ccc(-c2ssc(=S)c2-c2ccc(OC)c(S(=O)(=O)O)c2)cc1.[Na]. The van der Waals surface area contributed by atoms with E-state index in [0.717, 1.165) is 22.4 Å². The number of hydrogen-bond donors (Lipinski definition) is 1. The maximum atomic E-state index is 11.7. The molecule has 0 bridgehead atoms. The van der Waals surface area contributed by atoms with Gasteiger partial charge in [0.1, 0.15) is 14.5 Å². The summed E-state index contributed by atoms with van der Waals surface area (Å²) in [6.07, 6.45) is 0.961. The summed E-state index contributed by atoms with van der Waals surface area (Å²) in [6, 6.07) is 12.9. The molecule has 0 aliphatic carbocycles. The number of benzene rings is 2. The molecule has 0 aliphatic rings. The van der Waals surface area contributed by atoms with Crippen LogP contribution in [0.4, 0.5) is 0 Å². The smallest absolute Gasteiger partial charge is 0.298 e. The fourth-order valence-corrected chi connectivity index (χ4v) is 6.22. The van der Waals surface area contributed by atoms with Crippen molar-refractivity contribution >= 4 is 72.6 Å². The molecule has 0 aliphatic heterocycles. The van der Waals surface area contributed by atoms with Crippen LogP contribution in [0.2, 0.25) is 0 Å². The Kier molecular flexibility index (Phi) is 7.80. The quantitative estimate of drug-likeness (QED) is 0.249. The first kappa shape index (κ1) is 22.7. The fourth-order valence-electron chi connectivity index (χ4n) is 2.62. The molecule has 137 valence electrons. The van der Waals surface area contributed by atoms with E-state index in [2.05, 4.69) is 19.1 Å². The van der Waals surface area contributed by atoms with Crippen LogP contribution in [-0.4, -0.2) is 49.6 Å². The molecule has 9 heteroatoms. The summed E-state index contributed by atoms with van der Waals surface area (Å²) < 4.78 is 38.6. The van der Waals surface area contributed by atoms with Crippen molar-refractivity contribution in [3.63, 3.8) is 0 Å². The van der Waals surface area contributed by atoms with Crippen LogP contribution in [0.3, 0.4) is 0 Å². The van der Waals surface area contributed by atoms with Crippen molar-refractivity contribution in [1.82, 2.24) is 0 Å². The fraction of sp³-hybridized carbons (Fsp3) is 0.167. The van der Waals surface area contributed by atoms with E-state index in [9.17, 15) is 13.0 Å². The Balaban J connectivity index is 0.00000261. The zero-order valence-electron chi connectivity index (χ0n) is 15.1. The number of ether oxygens (including phenoxy) is 1. The Morgan fingerprint density at radius 3 is 2.26 bits per heavy atom. The van der Waals surface area contributed by atoms with Crippen molar-refractivity contribution < 1.29 is 17.7 Å². The number of aryl methyl sites for hydroxylation is 1. The van der Waals surface area contributed by atoms with E-state index < -0.39 is 10.1 Å². The Bertz CT molecular complexity index is 1100. The van der Waals surface area contributed by atoms with Gasteiger partial charge in [0.15, 0.2) is 0 Å². The summed E-state index contributed by atoms with van der Waals surface area (Å²) in [5.41, 5.74) is 3.70. The van der Waals surface area contributed by atoms with E-state index in [1.54, 1.807) is 16.4 Å². The minimum atomic E-state index is -4.41. The summed E-state index contributed by atoms with van der Waals surface area (Å²) in [5, 5.41) is 0. The molecule has 4 nitrogen and oxygen atoms in total. The third-order valence-electron chi connectivity index (χ3n) is 3.99. The van der Waals surface area contributed by atoms with Gasteiger partial charge < -0.3 is 4.74 Å². The molecule has 27 heavy (non-hydrogen) atoms. The molecule has 0 saturated heterocycles. The molecule has 0 unspecified atom stereocenters. The van der Waals surface area contributed by atoms with Gasteiger partial charge >= 0.3 is 0 Å². The number of hydrogen-bond acceptors (Lipinski definition) is 6. The topological polar surface area (TPSA) is 63.6 Å². The van der Waals surface area contributed by atoms with Crippen molar-refractivity contribution in [2.45, 2.75) is 18.2 Å². The Hall–Kier alpha value is -0.580. The molecule has 1 radical (unpaired) electrons. The molecule has 2 aromatic carbocycles. The molecule has 3 rings (SSSR count). The normalized spacial score (nSPS) is 11.1. The van der Waals surface area contributed by atoms with Gasteiger partial charge in [-0.2, -0.15) is 8.42 Å². The minimum Gasteiger partial charge on any atom is -0.495 e. The van der Waals surface area contributed by atoms with Gasteiger partial charge in [0.2, 0.25) is 0 Å². The average molecular weight is 448 g/mol. The summed E-state index contributed by atoms with van der Waals surface area (Å²) in [7, 11) is -0.0316. The molecule has 1 heterocycles. The van der Waals surface area contributed by atoms with Gasteiger partial charge in [-0.3, -0.25) is 4.55 Å². The largest absolute Gasteiger partial charge is 0.495 e. The zero-order valence-corrected chi connectivity index (χ0v) is 20.3. The first-order chi connectivity index (χ1) is 12.3. The maximum Gasteiger partial charge on any atom is 0.298 e. The van der Waals surface area contributed by atoms with E-state index in [0.29, 0.717) is 9.39 Å². The zero-order chi connectivity index (χ0) is 18.9. The van der Waals surface area contributed by atoms with Crippen molar-refractivity contribution in [3.05, 3.63) is 51.9 Å². The van der Waals surface area contributed by atoms with Gasteiger partial charge in [0.05, 0.1) is 12.0 Å². The molecular weight excluding hydrogens is 431 g/mol. The van der Waals surface area contributed by atoms with Gasteiger partial charge in [-0.25, -0.2) is 0 Å². The molecule has 0 atom stereocenters. The summed E-state index contributed by atoms with van der Waals surface area (Å²) in [4.78, 5) is 0.712. The van der Waals surface area contributed by atoms with Crippen molar-refractivity contribution in [3.8, 4) is 27.3 Å². The first-order valence-corrected chi connectivity index (χ1v) is 11.7. The van der Waals surface area contributed by atoms with Crippen LogP contribution < -0.4 is 4.74 Å². The van der Waals surface area contributed by atoms with Gasteiger partial charge in [-0.1, -0.05) is 70.2 Å². The summed E-state index contributed by atoms with van der Waals surface area (Å²) in [5.74, 6) is 0.0925. The predicted octanol–water partition coefficient (Wildman–Crippen LogP) is 5.31. The molecule has 0 spiro atoms. The van der Waals surface area contributed by atoms with Crippen LogP contribution in [0.1, 0.15) is 12.5 Å². The third-order valence-corrected chi connectivity index (χ3v) is 7.93. The van der Waals surface area contributed by atoms with E-state index in [-0.39, 0.29) is 40.2 Å². The van der Waals surface area contributed by atoms with Crippen molar-refractivity contribution in [2.24, 2.45) is 0 Å². The van der Waals surface area contributed by atoms with Gasteiger partial charge in [-0.05, 0) is 35.2 Å². The van der Waals surface area contributed by atoms with Gasteiger partial charge in [0.25, 0.3) is 10.1 Å². The Morgan fingerprint density at radius 1 is 1.07 bits per heavy atom. The second-order valence-electron chi connectivity index (χ2n) is 5.55. The van der Waals surface area contributed by atoms with E-state index in [1.165, 1.54) is 35.1 Å². The molecule has 1 aromatic heterocycles. The predicted molar refractivity (Wildman–Crippen MR) is 115 cm³/mol. The standard InChI is InChI=1S/C18H16O4S4.Na/c1-3-11-4-6-12(7-5-11)17-16(18(23)25-24-17)13-8-9-14(22-2)15(10-13)26(19,20)21;/h4-10H,3H2,1-2H3,(H,19,20,21);. The van der Waals surface area contributed by atoms with Crippen LogP contribution >= 0.6 is 32.9 Å². The molecule has 3 aromatic rings. The summed E-state index contributed by atoms with van der Waals surface area (Å²) >= 11 is 5.49. The maximum absolute atomic E-state index is 11.7. The molecule has 0 saturated carbocycles. The van der Waals surface area contributed by atoms with Crippen molar-refractivity contribution in [1.29, 1.82) is 0 Å². The molecule has 0 fully saturated rings. The Morgan fingerprint density at radius 2 is 1.70 bits per heavy atom. The molecule has 1 N–H and O–H groups in total. The van der Waals surface area contributed by atoms with Gasteiger partial charge in [-0.15, -0.1) is 0 Å². The summed E-state index contributed by atoms with van der Waals surface area (Å²) in [6.45, 7) is 2.10. The third kappa shape index (κ3) is 4.89. The number of methoxy groups -OCH3 is 1. The second-order valence-corrected chi connectivity index (χ2v) is 9.76. The monoisotopic (exact) mass is 447 g/mol. The minimum absolute atomic E-state index is 0.